The van der Waals surface area contributed by atoms with Gasteiger partial charge < -0.3 is 10.2 Å². The molecule has 0 bridgehead atoms. The maximum atomic E-state index is 12.7. The number of carbonyl (C=O) groups excluding carboxylic acids is 1. The van der Waals surface area contributed by atoms with Crippen LogP contribution < -0.4 is 5.32 Å². The second-order valence-corrected chi connectivity index (χ2v) is 5.09. The Balaban J connectivity index is 2.20. The first-order chi connectivity index (χ1) is 9.26. The predicted octanol–water partition coefficient (Wildman–Crippen LogP) is 2.92. The van der Waals surface area contributed by atoms with Crippen LogP contribution in [0.25, 0.3) is 0 Å². The molecule has 4 nitrogen and oxygen atoms in total. The van der Waals surface area contributed by atoms with E-state index in [1.807, 2.05) is 13.1 Å². The minimum Gasteiger partial charge on any atom is -0.373 e. The van der Waals surface area contributed by atoms with Crippen LogP contribution >= 0.6 is 0 Å². The molecule has 1 atom stereocenters. The highest BCUT2D eigenvalue weighted by Crippen LogP contribution is 2.21. The smallest absolute Gasteiger partial charge is 0.254 e. The summed E-state index contributed by atoms with van der Waals surface area (Å²) in [5.41, 5.74) is 0.736. The molecule has 1 fully saturated rings. The van der Waals surface area contributed by atoms with Crippen LogP contribution in [0.15, 0.2) is 18.3 Å². The fourth-order valence-electron chi connectivity index (χ4n) is 2.74. The lowest BCUT2D eigenvalue weighted by Crippen LogP contribution is -2.39. The Bertz CT molecular complexity index is 433. The number of amides is 1. The minimum atomic E-state index is 0.146. The van der Waals surface area contributed by atoms with Crippen molar-refractivity contribution in [3.8, 4) is 0 Å². The Hall–Kier alpha value is -1.58. The molecular formula is C15H23N3O. The monoisotopic (exact) mass is 261 g/mol. The third-order valence-electron chi connectivity index (χ3n) is 3.87. The van der Waals surface area contributed by atoms with Crippen molar-refractivity contribution in [3.63, 3.8) is 0 Å². The molecule has 1 aliphatic rings. The Kier molecular flexibility index (Phi) is 4.77. The van der Waals surface area contributed by atoms with E-state index >= 15 is 0 Å². The van der Waals surface area contributed by atoms with Gasteiger partial charge in [0.25, 0.3) is 5.91 Å². The molecule has 4 heteroatoms. The summed E-state index contributed by atoms with van der Waals surface area (Å²) in [6.07, 6.45) is 7.45. The van der Waals surface area contributed by atoms with Gasteiger partial charge in [-0.3, -0.25) is 4.79 Å². The number of likely N-dealkylation sites (tertiary alicyclic amines) is 1. The number of nitrogens with zero attached hydrogens (tertiary/aromatic N) is 2. The van der Waals surface area contributed by atoms with Crippen LogP contribution in [0, 0.1) is 0 Å². The van der Waals surface area contributed by atoms with Gasteiger partial charge in [0.1, 0.15) is 5.82 Å². The van der Waals surface area contributed by atoms with Gasteiger partial charge in [-0.2, -0.15) is 0 Å². The number of pyridine rings is 1. The van der Waals surface area contributed by atoms with Crippen LogP contribution in [-0.2, 0) is 0 Å². The Morgan fingerprint density at radius 2 is 2.32 bits per heavy atom. The van der Waals surface area contributed by atoms with Crippen LogP contribution in [0.4, 0.5) is 5.82 Å². The summed E-state index contributed by atoms with van der Waals surface area (Å²) >= 11 is 0. The molecule has 19 heavy (non-hydrogen) atoms. The van der Waals surface area contributed by atoms with Crippen molar-refractivity contribution in [1.29, 1.82) is 0 Å². The first-order valence-electron chi connectivity index (χ1n) is 7.21. The Labute approximate surface area is 115 Å². The fraction of sp³-hybridized carbons (Fsp3) is 0.600. The highest BCUT2D eigenvalue weighted by molar-refractivity contribution is 5.95. The fourth-order valence-corrected chi connectivity index (χ4v) is 2.74. The van der Waals surface area contributed by atoms with Gasteiger partial charge in [0.2, 0.25) is 0 Å². The number of rotatable bonds is 3. The van der Waals surface area contributed by atoms with Crippen molar-refractivity contribution >= 4 is 11.7 Å². The summed E-state index contributed by atoms with van der Waals surface area (Å²) < 4.78 is 0. The molecule has 1 saturated heterocycles. The predicted molar refractivity (Wildman–Crippen MR) is 77.4 cm³/mol. The van der Waals surface area contributed by atoms with Gasteiger partial charge in [-0.05, 0) is 31.4 Å². The topological polar surface area (TPSA) is 45.2 Å². The van der Waals surface area contributed by atoms with Crippen LogP contribution in [0.3, 0.4) is 0 Å². The second kappa shape index (κ2) is 6.55. The van der Waals surface area contributed by atoms with Gasteiger partial charge >= 0.3 is 0 Å². The van der Waals surface area contributed by atoms with Crippen molar-refractivity contribution in [2.45, 2.75) is 45.1 Å². The molecule has 0 aromatic carbocycles. The van der Waals surface area contributed by atoms with Crippen molar-refractivity contribution in [2.24, 2.45) is 0 Å². The zero-order valence-electron chi connectivity index (χ0n) is 11.9. The highest BCUT2D eigenvalue weighted by Gasteiger charge is 2.25. The third-order valence-corrected chi connectivity index (χ3v) is 3.87. The van der Waals surface area contributed by atoms with E-state index in [4.69, 9.17) is 0 Å². The van der Waals surface area contributed by atoms with E-state index in [0.717, 1.165) is 37.2 Å². The maximum absolute atomic E-state index is 12.7. The minimum absolute atomic E-state index is 0.146. The summed E-state index contributed by atoms with van der Waals surface area (Å²) in [6.45, 7) is 3.05. The van der Waals surface area contributed by atoms with Crippen LogP contribution in [0.5, 0.6) is 0 Å². The van der Waals surface area contributed by atoms with Crippen molar-refractivity contribution in [1.82, 2.24) is 9.88 Å². The molecule has 0 spiro atoms. The van der Waals surface area contributed by atoms with Crippen molar-refractivity contribution in [2.75, 3.05) is 18.9 Å². The summed E-state index contributed by atoms with van der Waals surface area (Å²) in [5, 5.41) is 2.98. The molecule has 104 valence electrons. The number of nitrogens with one attached hydrogen (secondary N) is 1. The van der Waals surface area contributed by atoms with Gasteiger partial charge in [0.05, 0.1) is 0 Å². The first kappa shape index (κ1) is 13.8. The first-order valence-corrected chi connectivity index (χ1v) is 7.21. The normalized spacial score (nSPS) is 19.9. The highest BCUT2D eigenvalue weighted by atomic mass is 16.2. The largest absolute Gasteiger partial charge is 0.373 e. The van der Waals surface area contributed by atoms with Crippen molar-refractivity contribution < 1.29 is 4.79 Å². The SMILES string of the molecule is CCC1CCCCCN1C(=O)c1ccnc(NC)c1. The molecule has 1 aliphatic heterocycles. The van der Waals surface area contributed by atoms with Crippen LogP contribution in [-0.4, -0.2) is 35.4 Å². The van der Waals surface area contributed by atoms with Gasteiger partial charge in [0, 0.05) is 31.4 Å². The van der Waals surface area contributed by atoms with Gasteiger partial charge in [-0.25, -0.2) is 4.98 Å². The number of anilines is 1. The summed E-state index contributed by atoms with van der Waals surface area (Å²) in [7, 11) is 1.82. The molecule has 2 heterocycles. The molecule has 1 aromatic rings. The number of hydrogen-bond acceptors (Lipinski definition) is 3. The average Bonchev–Trinajstić information content (AvgIpc) is 2.71. The molecule has 0 radical (unpaired) electrons. The van der Waals surface area contributed by atoms with E-state index in [1.54, 1.807) is 12.3 Å². The summed E-state index contributed by atoms with van der Waals surface area (Å²) in [4.78, 5) is 18.9. The Morgan fingerprint density at radius 1 is 1.47 bits per heavy atom. The molecule has 1 aromatic heterocycles. The van der Waals surface area contributed by atoms with E-state index in [2.05, 4.69) is 22.1 Å². The van der Waals surface area contributed by atoms with Crippen molar-refractivity contribution in [3.05, 3.63) is 23.9 Å². The zero-order chi connectivity index (χ0) is 13.7. The third kappa shape index (κ3) is 3.25. The molecule has 1 unspecified atom stereocenters. The van der Waals surface area contributed by atoms with Gasteiger partial charge in [0.15, 0.2) is 0 Å². The summed E-state index contributed by atoms with van der Waals surface area (Å²) in [5.74, 6) is 0.890. The average molecular weight is 261 g/mol. The number of carbonyl (C=O) groups is 1. The van der Waals surface area contributed by atoms with E-state index in [0.29, 0.717) is 6.04 Å². The number of hydrogen-bond donors (Lipinski definition) is 1. The molecule has 2 rings (SSSR count). The molecule has 1 N–H and O–H groups in total. The standard InChI is InChI=1S/C15H23N3O/c1-3-13-7-5-4-6-10-18(13)15(19)12-8-9-17-14(11-12)16-2/h8-9,11,13H,3-7,10H2,1-2H3,(H,16,17). The molecule has 1 amide bonds. The maximum Gasteiger partial charge on any atom is 0.254 e. The van der Waals surface area contributed by atoms with E-state index < -0.39 is 0 Å². The summed E-state index contributed by atoms with van der Waals surface area (Å²) in [6, 6.07) is 4.03. The second-order valence-electron chi connectivity index (χ2n) is 5.09. The van der Waals surface area contributed by atoms with Gasteiger partial charge in [-0.15, -0.1) is 0 Å². The van der Waals surface area contributed by atoms with E-state index in [1.165, 1.54) is 12.8 Å². The van der Waals surface area contributed by atoms with E-state index in [9.17, 15) is 4.79 Å². The lowest BCUT2D eigenvalue weighted by Gasteiger charge is -2.29. The molecule has 0 aliphatic carbocycles. The zero-order valence-corrected chi connectivity index (χ0v) is 11.9. The number of aromatic nitrogens is 1. The molecular weight excluding hydrogens is 238 g/mol. The van der Waals surface area contributed by atoms with Crippen LogP contribution in [0.1, 0.15) is 49.4 Å². The lowest BCUT2D eigenvalue weighted by molar-refractivity contribution is 0.0678. The molecule has 0 saturated carbocycles. The van der Waals surface area contributed by atoms with E-state index in [-0.39, 0.29) is 5.91 Å². The Morgan fingerprint density at radius 3 is 3.05 bits per heavy atom. The van der Waals surface area contributed by atoms with Crippen LogP contribution in [0.2, 0.25) is 0 Å². The van der Waals surface area contributed by atoms with Gasteiger partial charge in [-0.1, -0.05) is 19.8 Å². The quantitative estimate of drug-likeness (QED) is 0.910. The lowest BCUT2D eigenvalue weighted by atomic mass is 10.1.